The van der Waals surface area contributed by atoms with Crippen molar-refractivity contribution >= 4 is 22.4 Å². The summed E-state index contributed by atoms with van der Waals surface area (Å²) < 4.78 is 44.8. The number of fused-ring (bicyclic) bond motifs is 1. The molecule has 0 aliphatic rings. The van der Waals surface area contributed by atoms with Gasteiger partial charge in [0.25, 0.3) is 5.92 Å². The predicted octanol–water partition coefficient (Wildman–Crippen LogP) is 8.06. The van der Waals surface area contributed by atoms with Gasteiger partial charge in [-0.25, -0.2) is 23.1 Å². The molecule has 200 valence electrons. The zero-order valence-corrected chi connectivity index (χ0v) is 23.2. The average molecular weight is 513 g/mol. The Morgan fingerprint density at radius 1 is 1.08 bits per heavy atom. The van der Waals surface area contributed by atoms with Crippen LogP contribution < -0.4 is 10.2 Å². The highest BCUT2D eigenvalue weighted by atomic mass is 19.3. The van der Waals surface area contributed by atoms with Crippen molar-refractivity contribution < 1.29 is 13.2 Å². The smallest absolute Gasteiger partial charge is 0.278 e. The summed E-state index contributed by atoms with van der Waals surface area (Å²) in [6, 6.07) is 7.70. The van der Waals surface area contributed by atoms with Gasteiger partial charge in [0, 0.05) is 36.7 Å². The third-order valence-electron chi connectivity index (χ3n) is 7.04. The second kappa shape index (κ2) is 11.1. The van der Waals surface area contributed by atoms with Gasteiger partial charge in [-0.3, -0.25) is 0 Å². The van der Waals surface area contributed by atoms with Gasteiger partial charge in [-0.2, -0.15) is 0 Å². The van der Waals surface area contributed by atoms with Crippen molar-refractivity contribution in [1.29, 1.82) is 0 Å². The molecular formula is C30H39F3N4. The van der Waals surface area contributed by atoms with Crippen molar-refractivity contribution in [1.82, 2.24) is 9.97 Å². The van der Waals surface area contributed by atoms with Crippen molar-refractivity contribution in [3.05, 3.63) is 71.3 Å². The lowest BCUT2D eigenvalue weighted by molar-refractivity contribution is -0.0545. The van der Waals surface area contributed by atoms with Crippen LogP contribution in [-0.2, 0) is 12.3 Å². The number of nitrogens with one attached hydrogen (secondary N) is 1. The fraction of sp³-hybridized carbons (Fsp3) is 0.467. The second-order valence-electron chi connectivity index (χ2n) is 10.7. The van der Waals surface area contributed by atoms with Gasteiger partial charge in [0.15, 0.2) is 0 Å². The zero-order valence-electron chi connectivity index (χ0n) is 23.2. The molecule has 0 bridgehead atoms. The van der Waals surface area contributed by atoms with E-state index in [1.54, 1.807) is 13.8 Å². The molecule has 2 aromatic carbocycles. The van der Waals surface area contributed by atoms with Crippen LogP contribution in [0.15, 0.2) is 43.0 Å². The van der Waals surface area contributed by atoms with Gasteiger partial charge in [0.2, 0.25) is 0 Å². The molecule has 4 nitrogen and oxygen atoms in total. The normalized spacial score (nSPS) is 13.8. The van der Waals surface area contributed by atoms with E-state index in [0.29, 0.717) is 23.5 Å². The van der Waals surface area contributed by atoms with Gasteiger partial charge >= 0.3 is 0 Å². The van der Waals surface area contributed by atoms with Crippen LogP contribution in [0, 0.1) is 30.5 Å². The number of aryl methyl sites for hydroxylation is 1. The van der Waals surface area contributed by atoms with Crippen molar-refractivity contribution in [2.75, 3.05) is 24.3 Å². The minimum Gasteiger partial charge on any atom is -0.377 e. The van der Waals surface area contributed by atoms with Crippen LogP contribution in [0.25, 0.3) is 10.9 Å². The van der Waals surface area contributed by atoms with Crippen LogP contribution in [-0.4, -0.2) is 24.1 Å². The van der Waals surface area contributed by atoms with E-state index in [9.17, 15) is 8.78 Å². The summed E-state index contributed by atoms with van der Waals surface area (Å²) in [5, 5.41) is 4.06. The van der Waals surface area contributed by atoms with Gasteiger partial charge in [-0.1, -0.05) is 52.0 Å². The first-order valence-corrected chi connectivity index (χ1v) is 12.8. The number of alkyl halides is 2. The fourth-order valence-corrected chi connectivity index (χ4v) is 4.59. The average Bonchev–Trinajstić information content (AvgIpc) is 2.81. The maximum Gasteiger partial charge on any atom is 0.278 e. The van der Waals surface area contributed by atoms with E-state index >= 15 is 4.39 Å². The van der Waals surface area contributed by atoms with E-state index in [-0.39, 0.29) is 5.56 Å². The maximum absolute atomic E-state index is 15.4. The van der Waals surface area contributed by atoms with Crippen molar-refractivity contribution in [2.45, 2.75) is 59.9 Å². The first-order valence-electron chi connectivity index (χ1n) is 12.8. The zero-order chi connectivity index (χ0) is 27.7. The highest BCUT2D eigenvalue weighted by molar-refractivity contribution is 5.93. The lowest BCUT2D eigenvalue weighted by atomic mass is 9.88. The Balaban J connectivity index is 2.08. The molecule has 37 heavy (non-hydrogen) atoms. The topological polar surface area (TPSA) is 41.1 Å². The van der Waals surface area contributed by atoms with E-state index in [4.69, 9.17) is 0 Å². The fourth-order valence-electron chi connectivity index (χ4n) is 4.59. The van der Waals surface area contributed by atoms with Crippen molar-refractivity contribution in [3.8, 4) is 0 Å². The molecule has 0 spiro atoms. The first kappa shape index (κ1) is 28.5. The molecular weight excluding hydrogens is 473 g/mol. The third kappa shape index (κ3) is 5.91. The second-order valence-corrected chi connectivity index (χ2v) is 10.7. The van der Waals surface area contributed by atoms with Gasteiger partial charge < -0.3 is 10.2 Å². The van der Waals surface area contributed by atoms with Crippen LogP contribution in [0.2, 0.25) is 0 Å². The molecule has 7 heteroatoms. The summed E-state index contributed by atoms with van der Waals surface area (Å²) in [6.45, 7) is 14.7. The molecule has 0 amide bonds. The number of allylic oxidation sites excluding steroid dienone is 1. The molecule has 0 saturated heterocycles. The Hall–Kier alpha value is -3.09. The molecule has 0 saturated carbocycles. The molecule has 0 fully saturated rings. The molecule has 2 atom stereocenters. The molecule has 3 aromatic rings. The third-order valence-corrected chi connectivity index (χ3v) is 7.04. The first-order chi connectivity index (χ1) is 17.3. The summed E-state index contributed by atoms with van der Waals surface area (Å²) >= 11 is 0. The molecule has 1 heterocycles. The Morgan fingerprint density at radius 2 is 1.76 bits per heavy atom. The van der Waals surface area contributed by atoms with Crippen molar-refractivity contribution in [2.24, 2.45) is 17.8 Å². The predicted molar refractivity (Wildman–Crippen MR) is 148 cm³/mol. The number of anilines is 2. The van der Waals surface area contributed by atoms with E-state index in [1.807, 2.05) is 26.2 Å². The Labute approximate surface area is 219 Å². The number of halogens is 3. The van der Waals surface area contributed by atoms with Crippen LogP contribution in [0.3, 0.4) is 0 Å². The largest absolute Gasteiger partial charge is 0.377 e. The maximum atomic E-state index is 15.4. The summed E-state index contributed by atoms with van der Waals surface area (Å²) in [7, 11) is 3.98. The molecule has 3 rings (SSSR count). The Morgan fingerprint density at radius 3 is 2.32 bits per heavy atom. The Kier molecular flexibility index (Phi) is 8.56. The molecule has 0 radical (unpaired) electrons. The minimum absolute atomic E-state index is 0.164. The van der Waals surface area contributed by atoms with Gasteiger partial charge in [0.1, 0.15) is 17.5 Å². The quantitative estimate of drug-likeness (QED) is 0.279. The highest BCUT2D eigenvalue weighted by Crippen LogP contribution is 2.39. The van der Waals surface area contributed by atoms with Crippen molar-refractivity contribution in [3.63, 3.8) is 0 Å². The standard InChI is InChI=1S/C30H39F3N4/c1-10-21(17(2)3)14-22-15-26-24(16-27(22)37(8)9)29(36-20(7)35-26)34-19(6)23-12-11-13-25(28(23)31)30(32,33)18(4)5/h10-13,15-19,21H,1,14H2,2-9H3,(H,34,35,36)/t19-,21?/m1/s1. The van der Waals surface area contributed by atoms with Gasteiger partial charge in [0.05, 0.1) is 17.1 Å². The van der Waals surface area contributed by atoms with Gasteiger partial charge in [-0.15, -0.1) is 6.58 Å². The summed E-state index contributed by atoms with van der Waals surface area (Å²) in [5.74, 6) is -3.32. The molecule has 1 aromatic heterocycles. The van der Waals surface area contributed by atoms with E-state index in [0.717, 1.165) is 34.6 Å². The number of nitrogens with zero attached hydrogens (tertiary/aromatic N) is 3. The summed E-state index contributed by atoms with van der Waals surface area (Å²) in [4.78, 5) is 11.3. The summed E-state index contributed by atoms with van der Waals surface area (Å²) in [5.41, 5.74) is 2.54. The lowest BCUT2D eigenvalue weighted by Gasteiger charge is -2.25. The van der Waals surface area contributed by atoms with Crippen LogP contribution >= 0.6 is 0 Å². The minimum atomic E-state index is -3.27. The van der Waals surface area contributed by atoms with Crippen LogP contribution in [0.5, 0.6) is 0 Å². The number of benzene rings is 2. The van der Waals surface area contributed by atoms with Crippen LogP contribution in [0.4, 0.5) is 24.7 Å². The van der Waals surface area contributed by atoms with E-state index < -0.39 is 29.3 Å². The molecule has 1 unspecified atom stereocenters. The number of aromatic nitrogens is 2. The van der Waals surface area contributed by atoms with E-state index in [2.05, 4.69) is 46.7 Å². The van der Waals surface area contributed by atoms with Gasteiger partial charge in [-0.05, 0) is 49.8 Å². The number of rotatable bonds is 10. The SMILES string of the molecule is C=CC(Cc1cc2nc(C)nc(N[C@H](C)c3cccc(C(F)(F)C(C)C)c3F)c2cc1N(C)C)C(C)C. The number of hydrogen-bond donors (Lipinski definition) is 1. The molecule has 0 aliphatic heterocycles. The lowest BCUT2D eigenvalue weighted by Crippen LogP contribution is -2.24. The molecule has 0 aliphatic carbocycles. The summed E-state index contributed by atoms with van der Waals surface area (Å²) in [6.07, 6.45) is 2.83. The van der Waals surface area contributed by atoms with E-state index in [1.165, 1.54) is 26.0 Å². The number of hydrogen-bond acceptors (Lipinski definition) is 4. The molecule has 1 N–H and O–H groups in total. The van der Waals surface area contributed by atoms with Crippen LogP contribution in [0.1, 0.15) is 63.2 Å². The Bertz CT molecular complexity index is 1270. The monoisotopic (exact) mass is 512 g/mol. The highest BCUT2D eigenvalue weighted by Gasteiger charge is 2.39.